The molecule has 0 aliphatic rings. The molecule has 0 aliphatic carbocycles. The van der Waals surface area contributed by atoms with Gasteiger partial charge in [0, 0.05) is 5.56 Å². The SMILES string of the molecule is CCOC(=O)Cc1c(C(F)F)ncc(OC)c1OC. The van der Waals surface area contributed by atoms with E-state index in [1.165, 1.54) is 14.2 Å². The molecule has 7 heteroatoms. The van der Waals surface area contributed by atoms with E-state index in [9.17, 15) is 13.6 Å². The summed E-state index contributed by atoms with van der Waals surface area (Å²) in [6, 6.07) is 0. The van der Waals surface area contributed by atoms with Crippen LogP contribution >= 0.6 is 0 Å². The Kier molecular flexibility index (Phi) is 5.47. The van der Waals surface area contributed by atoms with Crippen LogP contribution in [-0.4, -0.2) is 31.8 Å². The summed E-state index contributed by atoms with van der Waals surface area (Å²) in [7, 11) is 2.66. The molecule has 19 heavy (non-hydrogen) atoms. The van der Waals surface area contributed by atoms with Crippen LogP contribution in [0.4, 0.5) is 8.78 Å². The monoisotopic (exact) mass is 275 g/mol. The molecule has 0 fully saturated rings. The topological polar surface area (TPSA) is 57.7 Å². The van der Waals surface area contributed by atoms with Crippen molar-refractivity contribution in [1.82, 2.24) is 4.98 Å². The Morgan fingerprint density at radius 3 is 2.53 bits per heavy atom. The second-order valence-electron chi connectivity index (χ2n) is 3.51. The summed E-state index contributed by atoms with van der Waals surface area (Å²) in [4.78, 5) is 15.1. The van der Waals surface area contributed by atoms with Gasteiger partial charge in [0.15, 0.2) is 11.5 Å². The number of alkyl halides is 2. The van der Waals surface area contributed by atoms with Gasteiger partial charge in [-0.15, -0.1) is 0 Å². The summed E-state index contributed by atoms with van der Waals surface area (Å²) in [5.74, 6) is -0.371. The van der Waals surface area contributed by atoms with Gasteiger partial charge in [0.05, 0.1) is 33.4 Å². The fourth-order valence-electron chi connectivity index (χ4n) is 1.61. The molecule has 0 saturated heterocycles. The summed E-state index contributed by atoms with van der Waals surface area (Å²) >= 11 is 0. The Labute approximate surface area is 109 Å². The highest BCUT2D eigenvalue weighted by atomic mass is 19.3. The summed E-state index contributed by atoms with van der Waals surface area (Å²) in [6.45, 7) is 1.80. The Bertz CT molecular complexity index is 452. The smallest absolute Gasteiger partial charge is 0.310 e. The van der Waals surface area contributed by atoms with Gasteiger partial charge >= 0.3 is 5.97 Å². The first-order chi connectivity index (χ1) is 9.04. The molecule has 0 aromatic carbocycles. The minimum absolute atomic E-state index is 0.0182. The van der Waals surface area contributed by atoms with Crippen LogP contribution in [0.2, 0.25) is 0 Å². The Morgan fingerprint density at radius 1 is 1.37 bits per heavy atom. The van der Waals surface area contributed by atoms with E-state index in [0.29, 0.717) is 0 Å². The number of carbonyl (C=O) groups is 1. The molecule has 0 bridgehead atoms. The predicted molar refractivity (Wildman–Crippen MR) is 62.6 cm³/mol. The van der Waals surface area contributed by atoms with Gasteiger partial charge in [0.1, 0.15) is 5.69 Å². The molecule has 1 aromatic heterocycles. The zero-order valence-electron chi connectivity index (χ0n) is 10.9. The Hall–Kier alpha value is -1.92. The molecule has 0 radical (unpaired) electrons. The van der Waals surface area contributed by atoms with Crippen molar-refractivity contribution in [3.05, 3.63) is 17.5 Å². The van der Waals surface area contributed by atoms with Crippen LogP contribution in [0.3, 0.4) is 0 Å². The van der Waals surface area contributed by atoms with Crippen molar-refractivity contribution in [3.8, 4) is 11.5 Å². The van der Waals surface area contributed by atoms with Crippen LogP contribution in [0.25, 0.3) is 0 Å². The minimum Gasteiger partial charge on any atom is -0.492 e. The molecule has 0 amide bonds. The van der Waals surface area contributed by atoms with Gasteiger partial charge < -0.3 is 14.2 Å². The van der Waals surface area contributed by atoms with Crippen molar-refractivity contribution in [3.63, 3.8) is 0 Å². The number of ether oxygens (including phenoxy) is 3. The lowest BCUT2D eigenvalue weighted by Gasteiger charge is -2.15. The molecule has 0 N–H and O–H groups in total. The fourth-order valence-corrected chi connectivity index (χ4v) is 1.61. The van der Waals surface area contributed by atoms with Gasteiger partial charge in [-0.25, -0.2) is 8.78 Å². The molecule has 0 aliphatic heterocycles. The first-order valence-corrected chi connectivity index (χ1v) is 5.58. The first kappa shape index (κ1) is 15.1. The highest BCUT2D eigenvalue weighted by molar-refractivity contribution is 5.74. The quantitative estimate of drug-likeness (QED) is 0.744. The maximum absolute atomic E-state index is 12.9. The average molecular weight is 275 g/mol. The third-order valence-electron chi connectivity index (χ3n) is 2.39. The summed E-state index contributed by atoms with van der Waals surface area (Å²) in [6.07, 6.45) is -2.03. The van der Waals surface area contributed by atoms with Gasteiger partial charge in [-0.05, 0) is 6.92 Å². The fraction of sp³-hybridized carbons (Fsp3) is 0.500. The number of halogens is 2. The largest absolute Gasteiger partial charge is 0.492 e. The first-order valence-electron chi connectivity index (χ1n) is 5.58. The molecule has 5 nitrogen and oxygen atoms in total. The lowest BCUT2D eigenvalue weighted by atomic mass is 10.1. The third kappa shape index (κ3) is 3.52. The van der Waals surface area contributed by atoms with E-state index in [4.69, 9.17) is 14.2 Å². The van der Waals surface area contributed by atoms with Crippen LogP contribution in [-0.2, 0) is 16.0 Å². The number of hydrogen-bond donors (Lipinski definition) is 0. The summed E-state index contributed by atoms with van der Waals surface area (Å²) in [5, 5.41) is 0. The van der Waals surface area contributed by atoms with Crippen LogP contribution in [0, 0.1) is 0 Å². The molecule has 106 valence electrons. The van der Waals surface area contributed by atoms with Crippen molar-refractivity contribution in [2.75, 3.05) is 20.8 Å². The third-order valence-corrected chi connectivity index (χ3v) is 2.39. The molecule has 1 aromatic rings. The van der Waals surface area contributed by atoms with Crippen LogP contribution in [0.5, 0.6) is 11.5 Å². The van der Waals surface area contributed by atoms with Crippen molar-refractivity contribution >= 4 is 5.97 Å². The zero-order valence-corrected chi connectivity index (χ0v) is 10.9. The normalized spacial score (nSPS) is 10.4. The number of esters is 1. The van der Waals surface area contributed by atoms with Crippen LogP contribution in [0.1, 0.15) is 24.6 Å². The van der Waals surface area contributed by atoms with E-state index in [0.717, 1.165) is 6.20 Å². The van der Waals surface area contributed by atoms with Gasteiger partial charge in [0.2, 0.25) is 0 Å². The van der Waals surface area contributed by atoms with Crippen molar-refractivity contribution < 1.29 is 27.8 Å². The van der Waals surface area contributed by atoms with Crippen molar-refractivity contribution in [2.24, 2.45) is 0 Å². The standard InChI is InChI=1S/C12H15F2NO4/c1-4-19-9(16)5-7-10(12(13)14)15-6-8(17-2)11(7)18-3/h6,12H,4-5H2,1-3H3. The predicted octanol–water partition coefficient (Wildman–Crippen LogP) is 2.14. The van der Waals surface area contributed by atoms with E-state index < -0.39 is 18.1 Å². The van der Waals surface area contributed by atoms with Gasteiger partial charge in [-0.1, -0.05) is 0 Å². The molecular formula is C12H15F2NO4. The van der Waals surface area contributed by atoms with Crippen molar-refractivity contribution in [1.29, 1.82) is 0 Å². The van der Waals surface area contributed by atoms with Crippen molar-refractivity contribution in [2.45, 2.75) is 19.8 Å². The van der Waals surface area contributed by atoms with Gasteiger partial charge in [-0.3, -0.25) is 9.78 Å². The summed E-state index contributed by atoms with van der Waals surface area (Å²) < 4.78 is 40.6. The van der Waals surface area contributed by atoms with Gasteiger partial charge in [-0.2, -0.15) is 0 Å². The average Bonchev–Trinajstić information content (AvgIpc) is 2.37. The van der Waals surface area contributed by atoms with E-state index in [-0.39, 0.29) is 30.1 Å². The maximum atomic E-state index is 12.9. The number of methoxy groups -OCH3 is 2. The molecule has 1 rings (SSSR count). The number of aromatic nitrogens is 1. The minimum atomic E-state index is -2.82. The molecule has 0 unspecified atom stereocenters. The maximum Gasteiger partial charge on any atom is 0.310 e. The highest BCUT2D eigenvalue weighted by Gasteiger charge is 2.24. The molecule has 0 atom stereocenters. The molecule has 0 spiro atoms. The summed E-state index contributed by atoms with van der Waals surface area (Å²) in [5.41, 5.74) is -0.527. The second kappa shape index (κ2) is 6.86. The van der Waals surface area contributed by atoms with E-state index in [1.807, 2.05) is 0 Å². The number of hydrogen-bond acceptors (Lipinski definition) is 5. The Morgan fingerprint density at radius 2 is 2.05 bits per heavy atom. The van der Waals surface area contributed by atoms with E-state index >= 15 is 0 Å². The molecular weight excluding hydrogens is 260 g/mol. The van der Waals surface area contributed by atoms with E-state index in [1.54, 1.807) is 6.92 Å². The second-order valence-corrected chi connectivity index (χ2v) is 3.51. The highest BCUT2D eigenvalue weighted by Crippen LogP contribution is 2.36. The number of nitrogens with zero attached hydrogens (tertiary/aromatic N) is 1. The van der Waals surface area contributed by atoms with Gasteiger partial charge in [0.25, 0.3) is 6.43 Å². The number of pyridine rings is 1. The molecule has 0 saturated carbocycles. The number of rotatable bonds is 6. The number of carbonyl (C=O) groups excluding carboxylic acids is 1. The van der Waals surface area contributed by atoms with Crippen LogP contribution < -0.4 is 9.47 Å². The van der Waals surface area contributed by atoms with E-state index in [2.05, 4.69) is 4.98 Å². The zero-order chi connectivity index (χ0) is 14.4. The lowest BCUT2D eigenvalue weighted by molar-refractivity contribution is -0.142. The van der Waals surface area contributed by atoms with Crippen LogP contribution in [0.15, 0.2) is 6.20 Å². The molecule has 1 heterocycles. The Balaban J connectivity index is 3.25. The lowest BCUT2D eigenvalue weighted by Crippen LogP contribution is -2.12.